The summed E-state index contributed by atoms with van der Waals surface area (Å²) in [4.78, 5) is 18.7. The number of benzene rings is 1. The average Bonchev–Trinajstić information content (AvgIpc) is 3.06. The largest absolute Gasteiger partial charge is 0.329 e. The van der Waals surface area contributed by atoms with Gasteiger partial charge >= 0.3 is 0 Å². The maximum Gasteiger partial charge on any atom is 0.256 e. The van der Waals surface area contributed by atoms with Crippen molar-refractivity contribution < 1.29 is 13.6 Å². The molecule has 0 spiro atoms. The van der Waals surface area contributed by atoms with Gasteiger partial charge in [0.05, 0.1) is 17.6 Å². The summed E-state index contributed by atoms with van der Waals surface area (Å²) >= 11 is 0. The molecule has 1 saturated heterocycles. The van der Waals surface area contributed by atoms with Gasteiger partial charge in [-0.3, -0.25) is 9.78 Å². The van der Waals surface area contributed by atoms with Crippen LogP contribution in [0.4, 0.5) is 8.78 Å². The third-order valence-electron chi connectivity index (χ3n) is 4.51. The third-order valence-corrected chi connectivity index (χ3v) is 4.51. The Hall–Kier alpha value is -2.08. The number of fused-ring (bicyclic) bond motifs is 1. The van der Waals surface area contributed by atoms with Gasteiger partial charge in [-0.1, -0.05) is 0 Å². The summed E-state index contributed by atoms with van der Waals surface area (Å²) < 4.78 is 26.1. The minimum Gasteiger partial charge on any atom is -0.329 e. The number of aryl methyl sites for hydroxylation is 2. The molecule has 0 radical (unpaired) electrons. The Labute approximate surface area is 139 Å². The van der Waals surface area contributed by atoms with E-state index in [9.17, 15) is 13.6 Å². The van der Waals surface area contributed by atoms with Gasteiger partial charge in [-0.25, -0.2) is 8.78 Å². The Morgan fingerprint density at radius 2 is 2.21 bits per heavy atom. The lowest BCUT2D eigenvalue weighted by Gasteiger charge is -2.28. The summed E-state index contributed by atoms with van der Waals surface area (Å²) in [6.07, 6.45) is -0.215. The fourth-order valence-electron chi connectivity index (χ4n) is 3.30. The van der Waals surface area contributed by atoms with E-state index in [2.05, 4.69) is 10.3 Å². The highest BCUT2D eigenvalue weighted by Crippen LogP contribution is 2.25. The molecule has 1 atom stereocenters. The van der Waals surface area contributed by atoms with E-state index in [4.69, 9.17) is 0 Å². The number of hydrogen-bond acceptors (Lipinski definition) is 3. The molecule has 0 aliphatic carbocycles. The van der Waals surface area contributed by atoms with Crippen LogP contribution in [0.1, 0.15) is 27.9 Å². The topological polar surface area (TPSA) is 45.2 Å². The fourth-order valence-corrected chi connectivity index (χ4v) is 3.30. The first-order chi connectivity index (χ1) is 11.5. The van der Waals surface area contributed by atoms with Gasteiger partial charge in [-0.15, -0.1) is 0 Å². The predicted octanol–water partition coefficient (Wildman–Crippen LogP) is 2.92. The average molecular weight is 333 g/mol. The molecule has 24 heavy (non-hydrogen) atoms. The van der Waals surface area contributed by atoms with E-state index < -0.39 is 13.0 Å². The van der Waals surface area contributed by atoms with Crippen LogP contribution in [-0.2, 0) is 0 Å². The molecule has 2 aromatic rings. The van der Waals surface area contributed by atoms with Crippen molar-refractivity contribution in [1.29, 1.82) is 0 Å². The van der Waals surface area contributed by atoms with Crippen molar-refractivity contribution in [2.24, 2.45) is 0 Å². The van der Waals surface area contributed by atoms with Crippen LogP contribution in [0, 0.1) is 13.8 Å². The molecule has 4 nitrogen and oxygen atoms in total. The van der Waals surface area contributed by atoms with E-state index in [0.717, 1.165) is 23.1 Å². The molecule has 1 aliphatic heterocycles. The van der Waals surface area contributed by atoms with Crippen molar-refractivity contribution in [3.8, 4) is 0 Å². The number of pyridine rings is 1. The van der Waals surface area contributed by atoms with E-state index >= 15 is 0 Å². The third kappa shape index (κ3) is 3.24. The van der Waals surface area contributed by atoms with Gasteiger partial charge in [-0.05, 0) is 56.1 Å². The normalized spacial score (nSPS) is 17.6. The minimum atomic E-state index is -2.56. The monoisotopic (exact) mass is 333 g/mol. The van der Waals surface area contributed by atoms with Crippen LogP contribution in [0.3, 0.4) is 0 Å². The Kier molecular flexibility index (Phi) is 4.76. The van der Waals surface area contributed by atoms with Gasteiger partial charge in [0.1, 0.15) is 0 Å². The number of carbonyl (C=O) groups is 1. The molecule has 0 saturated carbocycles. The number of halogens is 2. The lowest BCUT2D eigenvalue weighted by Crippen LogP contribution is -2.44. The SMILES string of the molecule is Cc1cc(C(=O)N(CC(F)F)[C@H]2CCNC2)c2nccc(C)c2c1. The van der Waals surface area contributed by atoms with Gasteiger partial charge in [0.2, 0.25) is 0 Å². The number of nitrogens with one attached hydrogen (secondary N) is 1. The maximum absolute atomic E-state index is 13.1. The molecule has 0 bridgehead atoms. The summed E-state index contributed by atoms with van der Waals surface area (Å²) in [6, 6.07) is 5.40. The zero-order valence-corrected chi connectivity index (χ0v) is 13.9. The molecule has 0 unspecified atom stereocenters. The number of amides is 1. The molecule has 1 amide bonds. The number of aromatic nitrogens is 1. The molecular formula is C18H21F2N3O. The van der Waals surface area contributed by atoms with Crippen molar-refractivity contribution in [3.63, 3.8) is 0 Å². The Bertz CT molecular complexity index is 757. The van der Waals surface area contributed by atoms with Crippen LogP contribution < -0.4 is 5.32 Å². The number of alkyl halides is 2. The van der Waals surface area contributed by atoms with Crippen LogP contribution in [0.5, 0.6) is 0 Å². The van der Waals surface area contributed by atoms with Crippen molar-refractivity contribution in [1.82, 2.24) is 15.2 Å². The van der Waals surface area contributed by atoms with E-state index in [1.54, 1.807) is 12.3 Å². The Morgan fingerprint density at radius 1 is 1.42 bits per heavy atom. The van der Waals surface area contributed by atoms with Crippen molar-refractivity contribution in [3.05, 3.63) is 41.1 Å². The standard InChI is InChI=1S/C18H21F2N3O/c1-11-7-14-12(2)3-6-22-17(14)15(8-11)18(24)23(10-16(19)20)13-4-5-21-9-13/h3,6-8,13,16,21H,4-5,9-10H2,1-2H3/t13-/m0/s1. The first-order valence-corrected chi connectivity index (χ1v) is 8.13. The first-order valence-electron chi connectivity index (χ1n) is 8.13. The van der Waals surface area contributed by atoms with Gasteiger partial charge in [0.25, 0.3) is 12.3 Å². The molecule has 128 valence electrons. The first kappa shape index (κ1) is 16.8. The lowest BCUT2D eigenvalue weighted by molar-refractivity contribution is 0.0458. The molecular weight excluding hydrogens is 312 g/mol. The molecule has 3 rings (SSSR count). The van der Waals surface area contributed by atoms with Crippen LogP contribution in [0.2, 0.25) is 0 Å². The van der Waals surface area contributed by atoms with Crippen molar-refractivity contribution in [2.45, 2.75) is 32.7 Å². The zero-order chi connectivity index (χ0) is 17.3. The number of carbonyl (C=O) groups excluding carboxylic acids is 1. The summed E-state index contributed by atoms with van der Waals surface area (Å²) in [5, 5.41) is 4.03. The van der Waals surface area contributed by atoms with E-state index in [-0.39, 0.29) is 11.9 Å². The van der Waals surface area contributed by atoms with E-state index in [1.165, 1.54) is 4.90 Å². The second kappa shape index (κ2) is 6.81. The van der Waals surface area contributed by atoms with Crippen molar-refractivity contribution in [2.75, 3.05) is 19.6 Å². The number of hydrogen-bond donors (Lipinski definition) is 1. The van der Waals surface area contributed by atoms with Crippen LogP contribution in [0.15, 0.2) is 24.4 Å². The summed E-state index contributed by atoms with van der Waals surface area (Å²) in [7, 11) is 0. The second-order valence-electron chi connectivity index (χ2n) is 6.33. The highest BCUT2D eigenvalue weighted by atomic mass is 19.3. The highest BCUT2D eigenvalue weighted by molar-refractivity contribution is 6.06. The quantitative estimate of drug-likeness (QED) is 0.936. The number of nitrogens with zero attached hydrogens (tertiary/aromatic N) is 2. The molecule has 1 fully saturated rings. The van der Waals surface area contributed by atoms with Gasteiger partial charge in [0.15, 0.2) is 0 Å². The van der Waals surface area contributed by atoms with Crippen LogP contribution in [0.25, 0.3) is 10.9 Å². The summed E-state index contributed by atoms with van der Waals surface area (Å²) in [6.45, 7) is 4.59. The molecule has 1 N–H and O–H groups in total. The molecule has 1 aromatic heterocycles. The smallest absolute Gasteiger partial charge is 0.256 e. The van der Waals surface area contributed by atoms with Gasteiger partial charge in [0, 0.05) is 24.2 Å². The highest BCUT2D eigenvalue weighted by Gasteiger charge is 2.30. The maximum atomic E-state index is 13.1. The van der Waals surface area contributed by atoms with Crippen LogP contribution in [-0.4, -0.2) is 47.9 Å². The lowest BCUT2D eigenvalue weighted by atomic mass is 10.0. The second-order valence-corrected chi connectivity index (χ2v) is 6.33. The van der Waals surface area contributed by atoms with Gasteiger partial charge in [-0.2, -0.15) is 0 Å². The predicted molar refractivity (Wildman–Crippen MR) is 89.5 cm³/mol. The number of rotatable bonds is 4. The van der Waals surface area contributed by atoms with Crippen molar-refractivity contribution >= 4 is 16.8 Å². The Morgan fingerprint density at radius 3 is 2.88 bits per heavy atom. The summed E-state index contributed by atoms with van der Waals surface area (Å²) in [5.74, 6) is -0.365. The molecule has 1 aromatic carbocycles. The molecule has 1 aliphatic rings. The van der Waals surface area contributed by atoms with Crippen LogP contribution >= 0.6 is 0 Å². The minimum absolute atomic E-state index is 0.202. The fraction of sp³-hybridized carbons (Fsp3) is 0.444. The Balaban J connectivity index is 2.06. The van der Waals surface area contributed by atoms with E-state index in [1.807, 2.05) is 26.0 Å². The molecule has 6 heteroatoms. The van der Waals surface area contributed by atoms with E-state index in [0.29, 0.717) is 24.0 Å². The van der Waals surface area contributed by atoms with Gasteiger partial charge < -0.3 is 10.2 Å². The summed E-state index contributed by atoms with van der Waals surface area (Å²) in [5.41, 5.74) is 2.92. The zero-order valence-electron chi connectivity index (χ0n) is 13.9. The molecule has 2 heterocycles.